The molecule has 2 rings (SSSR count). The van der Waals surface area contributed by atoms with Crippen LogP contribution in [-0.4, -0.2) is 23.0 Å². The zero-order valence-corrected chi connectivity index (χ0v) is 16.6. The zero-order chi connectivity index (χ0) is 18.7. The third kappa shape index (κ3) is 4.78. The second-order valence-electron chi connectivity index (χ2n) is 7.25. The molecule has 1 amide bonds. The molecule has 1 heterocycles. The normalized spacial score (nSPS) is 11.6. The lowest BCUT2D eigenvalue weighted by Crippen LogP contribution is -2.38. The number of benzene rings is 1. The molecule has 0 bridgehead atoms. The minimum Gasteiger partial charge on any atom is -0.343 e. The van der Waals surface area contributed by atoms with E-state index >= 15 is 0 Å². The van der Waals surface area contributed by atoms with Crippen molar-refractivity contribution in [3.63, 3.8) is 0 Å². The highest BCUT2D eigenvalue weighted by atomic mass is 32.1. The highest BCUT2D eigenvalue weighted by Crippen LogP contribution is 2.28. The lowest BCUT2D eigenvalue weighted by molar-refractivity contribution is -0.116. The van der Waals surface area contributed by atoms with Gasteiger partial charge in [-0.3, -0.25) is 9.59 Å². The summed E-state index contributed by atoms with van der Waals surface area (Å²) in [5.41, 5.74) is 0.386. The minimum absolute atomic E-state index is 0.0409. The number of anilines is 2. The number of nitrogens with zero attached hydrogens (tertiary/aromatic N) is 2. The molecule has 136 valence electrons. The summed E-state index contributed by atoms with van der Waals surface area (Å²) in [5, 5.41) is 4.14. The van der Waals surface area contributed by atoms with Gasteiger partial charge in [-0.15, -0.1) is 0 Å². The van der Waals surface area contributed by atoms with E-state index in [0.29, 0.717) is 23.4 Å². The molecule has 0 fully saturated rings. The Kier molecular flexibility index (Phi) is 6.16. The summed E-state index contributed by atoms with van der Waals surface area (Å²) in [6, 6.07) is 5.97. The number of carbonyl (C=O) groups is 1. The van der Waals surface area contributed by atoms with Gasteiger partial charge in [0, 0.05) is 28.9 Å². The second kappa shape index (κ2) is 7.95. The van der Waals surface area contributed by atoms with Gasteiger partial charge in [-0.2, -0.15) is 4.98 Å². The predicted molar refractivity (Wildman–Crippen MR) is 107 cm³/mol. The first-order chi connectivity index (χ1) is 11.7. The number of hydrogen-bond acceptors (Lipinski definition) is 5. The molecule has 0 unspecified atom stereocenters. The summed E-state index contributed by atoms with van der Waals surface area (Å²) in [6.07, 6.45) is 0.458. The Hall–Kier alpha value is -1.95. The molecule has 0 spiro atoms. The van der Waals surface area contributed by atoms with Crippen LogP contribution < -0.4 is 15.8 Å². The lowest BCUT2D eigenvalue weighted by Gasteiger charge is -2.31. The van der Waals surface area contributed by atoms with Gasteiger partial charge < -0.3 is 10.2 Å². The largest absolute Gasteiger partial charge is 0.343 e. The Labute approximate surface area is 153 Å². The van der Waals surface area contributed by atoms with E-state index in [1.165, 1.54) is 11.3 Å². The third-order valence-corrected chi connectivity index (χ3v) is 4.88. The van der Waals surface area contributed by atoms with Crippen molar-refractivity contribution in [3.05, 3.63) is 28.6 Å². The SMILES string of the molecule is CC(C)CC(=O)Nc1ccc2sc(N(C(C)C)C(C)C)nc(=O)c2c1. The van der Waals surface area contributed by atoms with Gasteiger partial charge in [-0.05, 0) is 51.8 Å². The molecule has 2 aromatic rings. The van der Waals surface area contributed by atoms with Crippen LogP contribution in [0.2, 0.25) is 0 Å². The van der Waals surface area contributed by atoms with E-state index in [4.69, 9.17) is 0 Å². The molecule has 0 aliphatic carbocycles. The Morgan fingerprint density at radius 1 is 1.16 bits per heavy atom. The molecule has 0 aliphatic heterocycles. The first-order valence-electron chi connectivity index (χ1n) is 8.72. The molecule has 0 aliphatic rings. The van der Waals surface area contributed by atoms with Crippen molar-refractivity contribution < 1.29 is 4.79 Å². The lowest BCUT2D eigenvalue weighted by atomic mass is 10.1. The smallest absolute Gasteiger partial charge is 0.281 e. The Bertz CT molecular complexity index is 804. The van der Waals surface area contributed by atoms with Crippen molar-refractivity contribution in [3.8, 4) is 0 Å². The van der Waals surface area contributed by atoms with Crippen LogP contribution in [0.4, 0.5) is 10.8 Å². The van der Waals surface area contributed by atoms with Crippen molar-refractivity contribution in [2.24, 2.45) is 5.92 Å². The van der Waals surface area contributed by atoms with Gasteiger partial charge in [0.15, 0.2) is 5.13 Å². The maximum absolute atomic E-state index is 12.5. The first-order valence-corrected chi connectivity index (χ1v) is 9.53. The quantitative estimate of drug-likeness (QED) is 0.835. The molecule has 0 saturated carbocycles. The molecular weight excluding hydrogens is 334 g/mol. The summed E-state index contributed by atoms with van der Waals surface area (Å²) < 4.78 is 0.878. The summed E-state index contributed by atoms with van der Waals surface area (Å²) in [7, 11) is 0. The second-order valence-corrected chi connectivity index (χ2v) is 8.26. The van der Waals surface area contributed by atoms with Gasteiger partial charge >= 0.3 is 0 Å². The van der Waals surface area contributed by atoms with E-state index in [1.54, 1.807) is 6.07 Å². The van der Waals surface area contributed by atoms with Gasteiger partial charge in [-0.25, -0.2) is 0 Å². The Morgan fingerprint density at radius 2 is 1.80 bits per heavy atom. The van der Waals surface area contributed by atoms with Gasteiger partial charge in [0.05, 0.1) is 5.39 Å². The average molecular weight is 362 g/mol. The molecule has 6 heteroatoms. The van der Waals surface area contributed by atoms with Gasteiger partial charge in [0.2, 0.25) is 5.91 Å². The predicted octanol–water partition coefficient (Wildman–Crippen LogP) is 4.26. The van der Waals surface area contributed by atoms with Crippen molar-refractivity contribution >= 4 is 38.1 Å². The van der Waals surface area contributed by atoms with Crippen molar-refractivity contribution in [2.45, 2.75) is 60.0 Å². The third-order valence-electron chi connectivity index (χ3n) is 3.82. The van der Waals surface area contributed by atoms with E-state index in [-0.39, 0.29) is 23.6 Å². The fraction of sp³-hybridized carbons (Fsp3) is 0.526. The molecule has 0 saturated heterocycles. The van der Waals surface area contributed by atoms with Crippen LogP contribution in [0, 0.1) is 5.92 Å². The van der Waals surface area contributed by atoms with Crippen LogP contribution in [-0.2, 0) is 4.79 Å². The molecule has 25 heavy (non-hydrogen) atoms. The standard InChI is InChI=1S/C19H27N3O2S/c1-11(2)9-17(23)20-14-7-8-16-15(10-14)18(24)21-19(25-16)22(12(3)4)13(5)6/h7-8,10-13H,9H2,1-6H3,(H,20,23). The van der Waals surface area contributed by atoms with Crippen LogP contribution >= 0.6 is 11.3 Å². The summed E-state index contributed by atoms with van der Waals surface area (Å²) >= 11 is 1.51. The van der Waals surface area contributed by atoms with E-state index in [2.05, 4.69) is 42.9 Å². The number of aromatic nitrogens is 1. The number of nitrogens with one attached hydrogen (secondary N) is 1. The van der Waals surface area contributed by atoms with Crippen LogP contribution in [0.3, 0.4) is 0 Å². The highest BCUT2D eigenvalue weighted by Gasteiger charge is 2.18. The van der Waals surface area contributed by atoms with Crippen molar-refractivity contribution in [1.82, 2.24) is 4.98 Å². The zero-order valence-electron chi connectivity index (χ0n) is 15.8. The fourth-order valence-corrected chi connectivity index (χ4v) is 4.11. The van der Waals surface area contributed by atoms with Crippen molar-refractivity contribution in [2.75, 3.05) is 10.2 Å². The van der Waals surface area contributed by atoms with Crippen LogP contribution in [0.5, 0.6) is 0 Å². The molecular formula is C19H27N3O2S. The number of hydrogen-bond donors (Lipinski definition) is 1. The van der Waals surface area contributed by atoms with Gasteiger partial charge in [0.25, 0.3) is 5.56 Å². The number of amides is 1. The summed E-state index contributed by atoms with van der Waals surface area (Å²) in [4.78, 5) is 30.9. The van der Waals surface area contributed by atoms with Crippen LogP contribution in [0.25, 0.3) is 10.1 Å². The maximum atomic E-state index is 12.5. The molecule has 0 atom stereocenters. The first kappa shape index (κ1) is 19.4. The van der Waals surface area contributed by atoms with Crippen molar-refractivity contribution in [1.29, 1.82) is 0 Å². The van der Waals surface area contributed by atoms with Crippen LogP contribution in [0.1, 0.15) is 48.0 Å². The molecule has 0 radical (unpaired) electrons. The van der Waals surface area contributed by atoms with E-state index < -0.39 is 0 Å². The summed E-state index contributed by atoms with van der Waals surface area (Å²) in [5.74, 6) is 0.251. The fourth-order valence-electron chi connectivity index (χ4n) is 2.86. The monoisotopic (exact) mass is 361 g/mol. The van der Waals surface area contributed by atoms with E-state index in [1.807, 2.05) is 26.0 Å². The number of carbonyl (C=O) groups excluding carboxylic acids is 1. The van der Waals surface area contributed by atoms with Gasteiger partial charge in [-0.1, -0.05) is 25.2 Å². The topological polar surface area (TPSA) is 62.3 Å². The molecule has 5 nitrogen and oxygen atoms in total. The number of fused-ring (bicyclic) bond motifs is 1. The highest BCUT2D eigenvalue weighted by molar-refractivity contribution is 7.21. The average Bonchev–Trinajstić information content (AvgIpc) is 2.46. The van der Waals surface area contributed by atoms with Gasteiger partial charge in [0.1, 0.15) is 0 Å². The van der Waals surface area contributed by atoms with E-state index in [9.17, 15) is 9.59 Å². The van der Waals surface area contributed by atoms with Crippen LogP contribution in [0.15, 0.2) is 23.0 Å². The summed E-state index contributed by atoms with van der Waals surface area (Å²) in [6.45, 7) is 12.4. The maximum Gasteiger partial charge on any atom is 0.281 e. The molecule has 1 aromatic heterocycles. The number of rotatable bonds is 6. The Morgan fingerprint density at radius 3 is 2.36 bits per heavy atom. The molecule has 1 N–H and O–H groups in total. The van der Waals surface area contributed by atoms with E-state index in [0.717, 1.165) is 9.83 Å². The minimum atomic E-state index is -0.255. The molecule has 1 aromatic carbocycles. The Balaban J connectivity index is 2.39.